The third-order valence-electron chi connectivity index (χ3n) is 6.68. The van der Waals surface area contributed by atoms with Crippen LogP contribution in [0.1, 0.15) is 0 Å². The zero-order valence-corrected chi connectivity index (χ0v) is 23.9. The number of nitrogens with zero attached hydrogens (tertiary/aromatic N) is 2. The quantitative estimate of drug-likeness (QED) is 0.112. The van der Waals surface area contributed by atoms with Crippen LogP contribution >= 0.6 is 0 Å². The summed E-state index contributed by atoms with van der Waals surface area (Å²) in [7, 11) is -6.09. The van der Waals surface area contributed by atoms with Gasteiger partial charge in [-0.2, -0.15) is 17.7 Å². The molecule has 44 heavy (non-hydrogen) atoms. The van der Waals surface area contributed by atoms with Gasteiger partial charge in [0.25, 0.3) is 0 Å². The molecule has 6 rings (SSSR count). The molecule has 0 amide bonds. The molecule has 9 heteroatoms. The highest BCUT2D eigenvalue weighted by molar-refractivity contribution is 7.86. The number of hydrogen-bond acceptors (Lipinski definition) is 4. The van der Waals surface area contributed by atoms with Crippen molar-refractivity contribution in [3.63, 3.8) is 0 Å². The van der Waals surface area contributed by atoms with Crippen LogP contribution in [-0.2, 0) is 10.1 Å². The zero-order chi connectivity index (χ0) is 31.2. The lowest BCUT2D eigenvalue weighted by Crippen LogP contribution is -2.38. The third kappa shape index (κ3) is 6.75. The number of aromatic nitrogens is 2. The smallest absolute Gasteiger partial charge is 0.485 e. The minimum Gasteiger partial charge on any atom is -0.741 e. The van der Waals surface area contributed by atoms with E-state index in [2.05, 4.69) is 138 Å². The van der Waals surface area contributed by atoms with E-state index in [-0.39, 0.29) is 0 Å². The van der Waals surface area contributed by atoms with Crippen LogP contribution in [-0.4, -0.2) is 23.5 Å². The fourth-order valence-electron chi connectivity index (χ4n) is 4.79. The van der Waals surface area contributed by atoms with Gasteiger partial charge >= 0.3 is 11.3 Å². The predicted molar refractivity (Wildman–Crippen MR) is 163 cm³/mol. The van der Waals surface area contributed by atoms with Crippen molar-refractivity contribution in [1.82, 2.24) is 4.98 Å². The maximum atomic E-state index is 10.7. The molecule has 0 N–H and O–H groups in total. The first-order valence-corrected chi connectivity index (χ1v) is 14.8. The minimum absolute atomic E-state index is 0.881. The average molecular weight is 611 g/mol. The molecule has 0 unspecified atom stereocenters. The van der Waals surface area contributed by atoms with Crippen LogP contribution in [0.15, 0.2) is 152 Å². The molecule has 0 spiro atoms. The summed E-state index contributed by atoms with van der Waals surface area (Å²) in [6.45, 7) is 0. The Labute approximate surface area is 253 Å². The Bertz CT molecular complexity index is 1840. The molecule has 0 radical (unpaired) electrons. The van der Waals surface area contributed by atoms with Crippen LogP contribution < -0.4 is 4.57 Å². The van der Waals surface area contributed by atoms with Crippen molar-refractivity contribution in [2.24, 2.45) is 0 Å². The van der Waals surface area contributed by atoms with Crippen LogP contribution in [0.25, 0.3) is 50.6 Å². The second-order valence-electron chi connectivity index (χ2n) is 9.55. The molecule has 4 aromatic carbocycles. The fraction of sp³-hybridized carbons (Fsp3) is 0.0286. The Morgan fingerprint density at radius 2 is 1.02 bits per heavy atom. The number of halogens is 3. The number of rotatable bonds is 5. The van der Waals surface area contributed by atoms with Crippen LogP contribution in [0.2, 0.25) is 0 Å². The van der Waals surface area contributed by atoms with Gasteiger partial charge in [0.2, 0.25) is 0 Å². The van der Waals surface area contributed by atoms with Gasteiger partial charge in [-0.3, -0.25) is 0 Å². The lowest BCUT2D eigenvalue weighted by Gasteiger charge is -2.20. The summed E-state index contributed by atoms with van der Waals surface area (Å²) in [6, 6.07) is 50.9. The number of pyridine rings is 2. The van der Waals surface area contributed by atoms with E-state index in [9.17, 15) is 13.2 Å². The average Bonchev–Trinajstić information content (AvgIpc) is 3.05. The topological polar surface area (TPSA) is 74.0 Å². The Balaban J connectivity index is 0.000000426. The first-order chi connectivity index (χ1) is 21.1. The first kappa shape index (κ1) is 30.3. The molecule has 0 saturated carbocycles. The summed E-state index contributed by atoms with van der Waals surface area (Å²) in [5.74, 6) is 0.881. The van der Waals surface area contributed by atoms with E-state index >= 15 is 0 Å². The standard InChI is InChI=1S/C34H25N2.CHF3O3S/c1-5-15-26(16-6-1)30-25-31(27-17-7-2-8-18-27)36(32-23-13-14-24-35-32)34(29-21-11-4-12-22-29)33(30)28-19-9-3-10-20-28;2-1(3,4)8(5,6)7/h1-25H;(H,5,6,7)/q+1;/p-1. The largest absolute Gasteiger partial charge is 0.741 e. The summed E-state index contributed by atoms with van der Waals surface area (Å²) in [5, 5.41) is 0. The van der Waals surface area contributed by atoms with Crippen LogP contribution in [0, 0.1) is 0 Å². The zero-order valence-electron chi connectivity index (χ0n) is 23.1. The lowest BCUT2D eigenvalue weighted by molar-refractivity contribution is -0.575. The molecule has 2 aromatic heterocycles. The van der Waals surface area contributed by atoms with Gasteiger partial charge < -0.3 is 4.55 Å². The van der Waals surface area contributed by atoms with Crippen molar-refractivity contribution in [1.29, 1.82) is 0 Å². The van der Waals surface area contributed by atoms with Gasteiger partial charge in [0.15, 0.2) is 10.1 Å². The highest BCUT2D eigenvalue weighted by Crippen LogP contribution is 2.41. The molecule has 0 aliphatic carbocycles. The second kappa shape index (κ2) is 13.0. The minimum atomic E-state index is -6.09. The van der Waals surface area contributed by atoms with Crippen molar-refractivity contribution in [2.75, 3.05) is 0 Å². The molecule has 2 heterocycles. The third-order valence-corrected chi connectivity index (χ3v) is 7.24. The van der Waals surface area contributed by atoms with Gasteiger partial charge in [0.1, 0.15) is 17.6 Å². The Morgan fingerprint density at radius 1 is 0.591 bits per heavy atom. The molecule has 6 aromatic rings. The van der Waals surface area contributed by atoms with Gasteiger partial charge in [-0.05, 0) is 33.8 Å². The highest BCUT2D eigenvalue weighted by atomic mass is 32.2. The second-order valence-corrected chi connectivity index (χ2v) is 10.9. The number of hydrogen-bond donors (Lipinski definition) is 0. The summed E-state index contributed by atoms with van der Waals surface area (Å²) in [4.78, 5) is 4.82. The molecule has 0 fully saturated rings. The summed E-state index contributed by atoms with van der Waals surface area (Å²) in [6.07, 6.45) is 1.86. The van der Waals surface area contributed by atoms with E-state index in [0.717, 1.165) is 28.3 Å². The van der Waals surface area contributed by atoms with E-state index in [0.29, 0.717) is 0 Å². The Hall–Kier alpha value is -5.12. The van der Waals surface area contributed by atoms with Gasteiger partial charge in [-0.25, -0.2) is 8.42 Å². The molecule has 220 valence electrons. The molecule has 0 bridgehead atoms. The molecule has 5 nitrogen and oxygen atoms in total. The molecular formula is C35H25F3N2O3S. The highest BCUT2D eigenvalue weighted by Gasteiger charge is 2.37. The maximum Gasteiger partial charge on any atom is 0.485 e. The molecule has 0 aliphatic rings. The van der Waals surface area contributed by atoms with Crippen molar-refractivity contribution >= 4 is 10.1 Å². The van der Waals surface area contributed by atoms with Crippen molar-refractivity contribution in [2.45, 2.75) is 5.51 Å². The van der Waals surface area contributed by atoms with Crippen LogP contribution in [0.4, 0.5) is 13.2 Å². The molecule has 0 atom stereocenters. The van der Waals surface area contributed by atoms with Gasteiger partial charge in [0, 0.05) is 22.8 Å². The van der Waals surface area contributed by atoms with Crippen LogP contribution in [0.5, 0.6) is 0 Å². The van der Waals surface area contributed by atoms with E-state index in [1.165, 1.54) is 22.3 Å². The monoisotopic (exact) mass is 610 g/mol. The molecule has 0 aliphatic heterocycles. The fourth-order valence-corrected chi connectivity index (χ4v) is 4.79. The van der Waals surface area contributed by atoms with E-state index in [1.54, 1.807) is 0 Å². The molecule has 0 saturated heterocycles. The number of benzene rings is 4. The summed E-state index contributed by atoms with van der Waals surface area (Å²) in [5.41, 5.74) is 3.54. The van der Waals surface area contributed by atoms with Gasteiger partial charge in [-0.1, -0.05) is 127 Å². The van der Waals surface area contributed by atoms with E-state index < -0.39 is 15.6 Å². The van der Waals surface area contributed by atoms with Gasteiger partial charge in [0.05, 0.1) is 0 Å². The Morgan fingerprint density at radius 3 is 1.48 bits per heavy atom. The van der Waals surface area contributed by atoms with E-state index in [1.807, 2.05) is 18.3 Å². The van der Waals surface area contributed by atoms with Crippen molar-refractivity contribution < 1.29 is 30.7 Å². The summed E-state index contributed by atoms with van der Waals surface area (Å²) < 4.78 is 61.2. The predicted octanol–water partition coefficient (Wildman–Crippen LogP) is 8.08. The van der Waals surface area contributed by atoms with Gasteiger partial charge in [-0.15, -0.1) is 0 Å². The molecular weight excluding hydrogens is 585 g/mol. The summed E-state index contributed by atoms with van der Waals surface area (Å²) >= 11 is 0. The number of alkyl halides is 3. The van der Waals surface area contributed by atoms with E-state index in [4.69, 9.17) is 18.0 Å². The lowest BCUT2D eigenvalue weighted by atomic mass is 9.89. The van der Waals surface area contributed by atoms with Crippen LogP contribution in [0.3, 0.4) is 0 Å². The first-order valence-electron chi connectivity index (χ1n) is 13.4. The SMILES string of the molecule is O=S(=O)([O-])C(F)(F)F.c1ccc(-c2cc(-c3ccccc3)[n+](-c3ccccn3)c(-c3ccccc3)c2-c2ccccc2)cc1. The normalized spacial score (nSPS) is 11.4. The maximum absolute atomic E-state index is 10.7. The van der Waals surface area contributed by atoms with Crippen molar-refractivity contribution in [3.8, 4) is 50.6 Å². The Kier molecular flexibility index (Phi) is 8.99. The van der Waals surface area contributed by atoms with Crippen molar-refractivity contribution in [3.05, 3.63) is 152 Å².